The number of non-ortho nitro benzene ring substituents is 1. The first-order valence-electron chi connectivity index (χ1n) is 12.8. The highest BCUT2D eigenvalue weighted by Gasteiger charge is 2.31. The van der Waals surface area contributed by atoms with Crippen LogP contribution in [0.3, 0.4) is 0 Å². The largest absolute Gasteiger partial charge is 0.490 e. The zero-order chi connectivity index (χ0) is 30.0. The van der Waals surface area contributed by atoms with Crippen molar-refractivity contribution in [2.24, 2.45) is 4.99 Å². The van der Waals surface area contributed by atoms with Crippen LogP contribution in [0, 0.1) is 10.1 Å². The molecule has 2 aromatic carbocycles. The molecule has 0 radical (unpaired) electrons. The molecule has 5 rings (SSSR count). The predicted molar refractivity (Wildman–Crippen MR) is 156 cm³/mol. The van der Waals surface area contributed by atoms with Crippen molar-refractivity contribution in [2.75, 3.05) is 20.3 Å². The molecule has 0 fully saturated rings. The Morgan fingerprint density at radius 3 is 2.62 bits per heavy atom. The Morgan fingerprint density at radius 2 is 1.90 bits per heavy atom. The molecule has 0 unspecified atom stereocenters. The van der Waals surface area contributed by atoms with Crippen molar-refractivity contribution >= 4 is 40.7 Å². The number of esters is 1. The lowest BCUT2D eigenvalue weighted by Gasteiger charge is -2.23. The summed E-state index contributed by atoms with van der Waals surface area (Å²) in [7, 11) is 1.26. The van der Waals surface area contributed by atoms with Crippen molar-refractivity contribution in [3.63, 3.8) is 0 Å². The van der Waals surface area contributed by atoms with Gasteiger partial charge in [0.1, 0.15) is 11.5 Å². The van der Waals surface area contributed by atoms with Crippen LogP contribution >= 0.6 is 22.9 Å². The third-order valence-corrected chi connectivity index (χ3v) is 7.66. The number of nitrogens with zero attached hydrogens (tertiary/aromatic N) is 3. The third-order valence-electron chi connectivity index (χ3n) is 6.33. The molecule has 4 aromatic rings. The number of nitro groups is 1. The van der Waals surface area contributed by atoms with Gasteiger partial charge in [-0.25, -0.2) is 9.79 Å². The van der Waals surface area contributed by atoms with E-state index in [0.29, 0.717) is 56.7 Å². The second-order valence-corrected chi connectivity index (χ2v) is 10.3. The molecular formula is C29H24ClN3O8S. The quantitative estimate of drug-likeness (QED) is 0.152. The highest BCUT2D eigenvalue weighted by Crippen LogP contribution is 2.35. The lowest BCUT2D eigenvalue weighted by atomic mass is 9.97. The molecule has 0 saturated carbocycles. The van der Waals surface area contributed by atoms with Gasteiger partial charge in [-0.2, -0.15) is 0 Å². The van der Waals surface area contributed by atoms with Crippen LogP contribution in [0.25, 0.3) is 17.4 Å². The number of carbonyl (C=O) groups excluding carboxylic acids is 1. The number of thiazole rings is 1. The third kappa shape index (κ3) is 5.46. The van der Waals surface area contributed by atoms with Crippen LogP contribution in [0.2, 0.25) is 5.02 Å². The summed E-state index contributed by atoms with van der Waals surface area (Å²) in [4.78, 5) is 42.0. The molecule has 0 bridgehead atoms. The Morgan fingerprint density at radius 1 is 1.14 bits per heavy atom. The normalized spacial score (nSPS) is 14.5. The summed E-state index contributed by atoms with van der Waals surface area (Å²) in [5.74, 6) is 1.00. The Hall–Kier alpha value is -4.68. The van der Waals surface area contributed by atoms with Crippen LogP contribution in [0.15, 0.2) is 74.5 Å². The number of halogens is 1. The zero-order valence-electron chi connectivity index (χ0n) is 22.7. The van der Waals surface area contributed by atoms with Gasteiger partial charge in [0.25, 0.3) is 11.2 Å². The molecule has 42 heavy (non-hydrogen) atoms. The number of hydrogen-bond donors (Lipinski definition) is 0. The molecule has 13 heteroatoms. The van der Waals surface area contributed by atoms with E-state index in [9.17, 15) is 19.7 Å². The topological polar surface area (TPSA) is 135 Å². The minimum absolute atomic E-state index is 0.135. The maximum Gasteiger partial charge on any atom is 0.337 e. The molecule has 1 aliphatic heterocycles. The van der Waals surface area contributed by atoms with Gasteiger partial charge in [-0.3, -0.25) is 19.5 Å². The molecule has 1 atom stereocenters. The van der Waals surface area contributed by atoms with Crippen LogP contribution in [-0.4, -0.2) is 35.8 Å². The SMILES string of the molecule is CCOc1ccc([C@H]2C(C(=O)OC)=CN=c3s/c(=C\c4ccc(-c5cc([N+](=O)[O-])ccc5Cl)o4)c(=O)n32)cc1OCC. The molecule has 0 N–H and O–H groups in total. The second kappa shape index (κ2) is 12.0. The molecule has 216 valence electrons. The van der Waals surface area contributed by atoms with Gasteiger partial charge in [0, 0.05) is 30.0 Å². The monoisotopic (exact) mass is 609 g/mol. The van der Waals surface area contributed by atoms with E-state index < -0.39 is 22.5 Å². The van der Waals surface area contributed by atoms with Gasteiger partial charge in [0.2, 0.25) is 0 Å². The molecule has 0 amide bonds. The summed E-state index contributed by atoms with van der Waals surface area (Å²) >= 11 is 7.38. The summed E-state index contributed by atoms with van der Waals surface area (Å²) < 4.78 is 24.1. The maximum absolute atomic E-state index is 13.8. The van der Waals surface area contributed by atoms with Crippen LogP contribution in [0.5, 0.6) is 11.5 Å². The van der Waals surface area contributed by atoms with Crippen molar-refractivity contribution in [3.05, 3.63) is 106 Å². The smallest absolute Gasteiger partial charge is 0.337 e. The summed E-state index contributed by atoms with van der Waals surface area (Å²) in [5.41, 5.74) is 0.570. The summed E-state index contributed by atoms with van der Waals surface area (Å²) in [6.07, 6.45) is 2.94. The van der Waals surface area contributed by atoms with Gasteiger partial charge >= 0.3 is 5.97 Å². The molecule has 3 heterocycles. The maximum atomic E-state index is 13.8. The van der Waals surface area contributed by atoms with Gasteiger partial charge in [-0.1, -0.05) is 29.0 Å². The van der Waals surface area contributed by atoms with E-state index in [-0.39, 0.29) is 16.3 Å². The van der Waals surface area contributed by atoms with Crippen molar-refractivity contribution in [3.8, 4) is 22.8 Å². The van der Waals surface area contributed by atoms with Crippen molar-refractivity contribution < 1.29 is 28.3 Å². The molecule has 11 nitrogen and oxygen atoms in total. The number of hydrogen-bond acceptors (Lipinski definition) is 10. The van der Waals surface area contributed by atoms with E-state index in [0.717, 1.165) is 11.3 Å². The first-order chi connectivity index (χ1) is 20.2. The molecular weight excluding hydrogens is 586 g/mol. The van der Waals surface area contributed by atoms with E-state index >= 15 is 0 Å². The van der Waals surface area contributed by atoms with E-state index in [4.69, 9.17) is 30.2 Å². The van der Waals surface area contributed by atoms with Crippen molar-refractivity contribution in [2.45, 2.75) is 19.9 Å². The van der Waals surface area contributed by atoms with E-state index in [1.54, 1.807) is 36.4 Å². The minimum atomic E-state index is -0.846. The molecule has 2 aromatic heterocycles. The van der Waals surface area contributed by atoms with E-state index in [1.807, 2.05) is 13.8 Å². The van der Waals surface area contributed by atoms with Crippen LogP contribution in [0.4, 0.5) is 5.69 Å². The molecule has 1 aliphatic rings. The van der Waals surface area contributed by atoms with Gasteiger partial charge in [0.05, 0.1) is 46.4 Å². The number of nitro benzene ring substituents is 1. The summed E-state index contributed by atoms with van der Waals surface area (Å²) in [5, 5.41) is 11.5. The number of benzene rings is 2. The van der Waals surface area contributed by atoms with Crippen LogP contribution in [-0.2, 0) is 9.53 Å². The fourth-order valence-electron chi connectivity index (χ4n) is 4.51. The fraction of sp³-hybridized carbons (Fsp3) is 0.207. The Bertz CT molecular complexity index is 1910. The number of aromatic nitrogens is 1. The number of fused-ring (bicyclic) bond motifs is 1. The van der Waals surface area contributed by atoms with Crippen molar-refractivity contribution in [1.29, 1.82) is 0 Å². The summed E-state index contributed by atoms with van der Waals surface area (Å²) in [6.45, 7) is 4.53. The summed E-state index contributed by atoms with van der Waals surface area (Å²) in [6, 6.07) is 11.7. The average Bonchev–Trinajstić information content (AvgIpc) is 3.57. The predicted octanol–water partition coefficient (Wildman–Crippen LogP) is 4.64. The number of methoxy groups -OCH3 is 1. The van der Waals surface area contributed by atoms with Gasteiger partial charge in [-0.15, -0.1) is 0 Å². The highest BCUT2D eigenvalue weighted by molar-refractivity contribution is 7.07. The van der Waals surface area contributed by atoms with Gasteiger partial charge in [0.15, 0.2) is 16.3 Å². The lowest BCUT2D eigenvalue weighted by Crippen LogP contribution is -2.39. The fourth-order valence-corrected chi connectivity index (χ4v) is 5.67. The zero-order valence-corrected chi connectivity index (χ0v) is 24.2. The van der Waals surface area contributed by atoms with Crippen LogP contribution < -0.4 is 24.4 Å². The van der Waals surface area contributed by atoms with Gasteiger partial charge in [-0.05, 0) is 49.7 Å². The molecule has 0 saturated heterocycles. The average molecular weight is 610 g/mol. The Kier molecular flexibility index (Phi) is 8.27. The van der Waals surface area contributed by atoms with E-state index in [1.165, 1.54) is 36.1 Å². The van der Waals surface area contributed by atoms with Crippen LogP contribution in [0.1, 0.15) is 31.2 Å². The Balaban J connectivity index is 1.61. The first-order valence-corrected chi connectivity index (χ1v) is 14.0. The number of ether oxygens (including phenoxy) is 3. The minimum Gasteiger partial charge on any atom is -0.490 e. The standard InChI is InChI=1S/C29H24ClN3O8S/c1-4-39-23-10-6-16(12-24(23)40-5-2)26-20(28(35)38-3)15-31-29-32(26)27(34)25(42-29)14-18-8-11-22(41-18)19-13-17(33(36)37)7-9-21(19)30/h6-15,26H,4-5H2,1-3H3/b25-14-/t26-/m0/s1. The lowest BCUT2D eigenvalue weighted by molar-refractivity contribution is -0.384. The number of furan rings is 1. The Labute approximate surface area is 247 Å². The molecule has 0 spiro atoms. The number of rotatable bonds is 9. The number of carbonyl (C=O) groups is 1. The first kappa shape index (κ1) is 28.8. The van der Waals surface area contributed by atoms with Gasteiger partial charge < -0.3 is 18.6 Å². The second-order valence-electron chi connectivity index (χ2n) is 8.87. The molecule has 0 aliphatic carbocycles. The van der Waals surface area contributed by atoms with E-state index in [2.05, 4.69) is 4.99 Å². The highest BCUT2D eigenvalue weighted by atomic mass is 35.5. The van der Waals surface area contributed by atoms with Crippen molar-refractivity contribution in [1.82, 2.24) is 4.57 Å².